The Kier molecular flexibility index (Phi) is 4.66. The molecule has 3 rings (SSSR count). The maximum Gasteiger partial charge on any atom is 0.335 e. The average molecular weight is 353 g/mol. The number of rotatable bonds is 4. The van der Waals surface area contributed by atoms with E-state index in [4.69, 9.17) is 9.47 Å². The van der Waals surface area contributed by atoms with Gasteiger partial charge in [0.15, 0.2) is 0 Å². The van der Waals surface area contributed by atoms with Gasteiger partial charge in [-0.15, -0.1) is 0 Å². The lowest BCUT2D eigenvalue weighted by atomic mass is 10.1. The number of aromatic nitrogens is 1. The summed E-state index contributed by atoms with van der Waals surface area (Å²) in [7, 11) is 2.97. The summed E-state index contributed by atoms with van der Waals surface area (Å²) in [5.74, 6) is -0.542. The lowest BCUT2D eigenvalue weighted by Crippen LogP contribution is -2.54. The number of benzene rings is 1. The smallest absolute Gasteiger partial charge is 0.335 e. The summed E-state index contributed by atoms with van der Waals surface area (Å²) < 4.78 is 10.4. The van der Waals surface area contributed by atoms with Crippen molar-refractivity contribution in [1.29, 1.82) is 0 Å². The Labute approximate surface area is 149 Å². The van der Waals surface area contributed by atoms with Gasteiger partial charge in [-0.1, -0.05) is 0 Å². The van der Waals surface area contributed by atoms with Crippen LogP contribution < -0.4 is 19.7 Å². The SMILES string of the molecule is COc1ccc(OC)c(/C=C2\C(=O)NC(=O)N(c3ccncc3)C2=O)c1. The van der Waals surface area contributed by atoms with Crippen LogP contribution in [0.3, 0.4) is 0 Å². The van der Waals surface area contributed by atoms with Crippen molar-refractivity contribution in [2.45, 2.75) is 0 Å². The molecule has 0 atom stereocenters. The van der Waals surface area contributed by atoms with Crippen LogP contribution in [0, 0.1) is 0 Å². The zero-order valence-electron chi connectivity index (χ0n) is 14.1. The van der Waals surface area contributed by atoms with Crippen LogP contribution in [0.1, 0.15) is 5.56 Å². The topological polar surface area (TPSA) is 97.8 Å². The van der Waals surface area contributed by atoms with Crippen LogP contribution >= 0.6 is 0 Å². The number of pyridine rings is 1. The van der Waals surface area contributed by atoms with Crippen molar-refractivity contribution in [3.8, 4) is 11.5 Å². The largest absolute Gasteiger partial charge is 0.497 e. The van der Waals surface area contributed by atoms with Crippen molar-refractivity contribution >= 4 is 29.6 Å². The molecule has 0 aliphatic carbocycles. The first-order chi connectivity index (χ1) is 12.5. The van der Waals surface area contributed by atoms with Gasteiger partial charge in [0.1, 0.15) is 17.1 Å². The van der Waals surface area contributed by atoms with Gasteiger partial charge in [0.2, 0.25) is 0 Å². The third-order valence-corrected chi connectivity index (χ3v) is 3.76. The summed E-state index contributed by atoms with van der Waals surface area (Å²) in [5, 5.41) is 2.16. The third-order valence-electron chi connectivity index (χ3n) is 3.76. The van der Waals surface area contributed by atoms with E-state index in [1.54, 1.807) is 18.2 Å². The molecular formula is C18H15N3O5. The summed E-state index contributed by atoms with van der Waals surface area (Å²) in [6.45, 7) is 0. The molecule has 0 radical (unpaired) electrons. The molecule has 1 aliphatic rings. The number of urea groups is 1. The molecule has 0 spiro atoms. The number of barbiturate groups is 1. The first-order valence-corrected chi connectivity index (χ1v) is 7.58. The fourth-order valence-corrected chi connectivity index (χ4v) is 2.49. The number of amides is 4. The van der Waals surface area contributed by atoms with Crippen molar-refractivity contribution in [3.05, 3.63) is 53.9 Å². The second-order valence-corrected chi connectivity index (χ2v) is 5.27. The molecule has 1 saturated heterocycles. The van der Waals surface area contributed by atoms with Gasteiger partial charge in [0.25, 0.3) is 11.8 Å². The Morgan fingerprint density at radius 3 is 2.42 bits per heavy atom. The summed E-state index contributed by atoms with van der Waals surface area (Å²) in [6.07, 6.45) is 4.25. The molecule has 0 saturated carbocycles. The standard InChI is InChI=1S/C18H15N3O5/c1-25-13-3-4-15(26-2)11(9-13)10-14-16(22)20-18(24)21(17(14)23)12-5-7-19-8-6-12/h3-10H,1-2H3,(H,20,22,24)/b14-10+. The van der Waals surface area contributed by atoms with Crippen LogP contribution in [0.5, 0.6) is 11.5 Å². The zero-order chi connectivity index (χ0) is 18.7. The Bertz CT molecular complexity index is 908. The fraction of sp³-hybridized carbons (Fsp3) is 0.111. The number of ether oxygens (including phenoxy) is 2. The van der Waals surface area contributed by atoms with Crippen molar-refractivity contribution < 1.29 is 23.9 Å². The molecule has 2 heterocycles. The molecule has 1 aliphatic heterocycles. The zero-order valence-corrected chi connectivity index (χ0v) is 14.1. The Hall–Kier alpha value is -3.68. The summed E-state index contributed by atoms with van der Waals surface area (Å²) in [4.78, 5) is 41.9. The lowest BCUT2D eigenvalue weighted by Gasteiger charge is -2.26. The number of imide groups is 2. The van der Waals surface area contributed by atoms with E-state index in [2.05, 4.69) is 10.3 Å². The molecule has 0 unspecified atom stereocenters. The van der Waals surface area contributed by atoms with Crippen LogP contribution in [0.25, 0.3) is 6.08 Å². The van der Waals surface area contributed by atoms with Gasteiger partial charge < -0.3 is 9.47 Å². The van der Waals surface area contributed by atoms with Gasteiger partial charge in [-0.2, -0.15) is 0 Å². The normalized spacial score (nSPS) is 15.8. The molecule has 26 heavy (non-hydrogen) atoms. The van der Waals surface area contributed by atoms with Crippen molar-refractivity contribution in [3.63, 3.8) is 0 Å². The van der Waals surface area contributed by atoms with E-state index in [9.17, 15) is 14.4 Å². The first-order valence-electron chi connectivity index (χ1n) is 7.58. The van der Waals surface area contributed by atoms with E-state index in [0.717, 1.165) is 4.90 Å². The number of carbonyl (C=O) groups excluding carboxylic acids is 3. The van der Waals surface area contributed by atoms with E-state index in [1.807, 2.05) is 0 Å². The van der Waals surface area contributed by atoms with Crippen LogP contribution in [-0.4, -0.2) is 37.0 Å². The number of anilines is 1. The average Bonchev–Trinajstić information content (AvgIpc) is 2.65. The summed E-state index contributed by atoms with van der Waals surface area (Å²) in [5.41, 5.74) is 0.570. The van der Waals surface area contributed by atoms with Gasteiger partial charge in [0, 0.05) is 18.0 Å². The highest BCUT2D eigenvalue weighted by Gasteiger charge is 2.36. The van der Waals surface area contributed by atoms with Gasteiger partial charge in [0.05, 0.1) is 19.9 Å². The minimum atomic E-state index is -0.819. The number of nitrogens with one attached hydrogen (secondary N) is 1. The molecule has 2 aromatic rings. The molecule has 8 nitrogen and oxygen atoms in total. The van der Waals surface area contributed by atoms with Crippen LogP contribution in [0.4, 0.5) is 10.5 Å². The van der Waals surface area contributed by atoms with Crippen molar-refractivity contribution in [2.24, 2.45) is 0 Å². The van der Waals surface area contributed by atoms with E-state index in [-0.39, 0.29) is 5.57 Å². The molecule has 4 amide bonds. The van der Waals surface area contributed by atoms with Crippen LogP contribution in [0.15, 0.2) is 48.3 Å². The Morgan fingerprint density at radius 2 is 1.77 bits per heavy atom. The minimum Gasteiger partial charge on any atom is -0.497 e. The maximum absolute atomic E-state index is 12.8. The summed E-state index contributed by atoms with van der Waals surface area (Å²) in [6, 6.07) is 7.15. The van der Waals surface area contributed by atoms with Gasteiger partial charge in [-0.25, -0.2) is 9.69 Å². The highest BCUT2D eigenvalue weighted by atomic mass is 16.5. The fourth-order valence-electron chi connectivity index (χ4n) is 2.49. The van der Waals surface area contributed by atoms with Crippen LogP contribution in [-0.2, 0) is 9.59 Å². The molecule has 1 fully saturated rings. The van der Waals surface area contributed by atoms with E-state index >= 15 is 0 Å². The minimum absolute atomic E-state index is 0.201. The number of nitrogens with zero attached hydrogens (tertiary/aromatic N) is 2. The second kappa shape index (κ2) is 7.06. The van der Waals surface area contributed by atoms with Crippen molar-refractivity contribution in [1.82, 2.24) is 10.3 Å². The predicted molar refractivity (Wildman–Crippen MR) is 92.8 cm³/mol. The van der Waals surface area contributed by atoms with Crippen molar-refractivity contribution in [2.75, 3.05) is 19.1 Å². The molecule has 1 aromatic carbocycles. The Morgan fingerprint density at radius 1 is 1.04 bits per heavy atom. The number of hydrogen-bond donors (Lipinski definition) is 1. The van der Waals surface area contributed by atoms with E-state index in [0.29, 0.717) is 22.7 Å². The van der Waals surface area contributed by atoms with E-state index in [1.165, 1.54) is 44.8 Å². The molecule has 8 heteroatoms. The second-order valence-electron chi connectivity index (χ2n) is 5.27. The molecule has 0 bridgehead atoms. The molecule has 132 valence electrons. The highest BCUT2D eigenvalue weighted by molar-refractivity contribution is 6.39. The van der Waals surface area contributed by atoms with E-state index < -0.39 is 17.8 Å². The predicted octanol–water partition coefficient (Wildman–Crippen LogP) is 1.77. The number of methoxy groups -OCH3 is 2. The third kappa shape index (κ3) is 3.12. The highest BCUT2D eigenvalue weighted by Crippen LogP contribution is 2.28. The quantitative estimate of drug-likeness (QED) is 0.664. The molecule has 1 aromatic heterocycles. The molecule has 1 N–H and O–H groups in total. The van der Waals surface area contributed by atoms with Gasteiger partial charge in [-0.05, 0) is 36.4 Å². The first kappa shape index (κ1) is 17.2. The molecular weight excluding hydrogens is 338 g/mol. The van der Waals surface area contributed by atoms with Gasteiger partial charge in [-0.3, -0.25) is 19.9 Å². The summed E-state index contributed by atoms with van der Waals surface area (Å²) >= 11 is 0. The monoisotopic (exact) mass is 353 g/mol. The van der Waals surface area contributed by atoms with Gasteiger partial charge >= 0.3 is 6.03 Å². The number of carbonyl (C=O) groups is 3. The number of hydrogen-bond acceptors (Lipinski definition) is 6. The maximum atomic E-state index is 12.8. The lowest BCUT2D eigenvalue weighted by molar-refractivity contribution is -0.122. The Balaban J connectivity index is 2.06. The van der Waals surface area contributed by atoms with Crippen LogP contribution in [0.2, 0.25) is 0 Å².